The molecule has 1 saturated heterocycles. The van der Waals surface area contributed by atoms with E-state index in [-0.39, 0.29) is 17.2 Å². The van der Waals surface area contributed by atoms with Crippen molar-refractivity contribution in [2.75, 3.05) is 4.90 Å². The minimum absolute atomic E-state index is 0.0555. The molecule has 5 heteroatoms. The largest absolute Gasteiger partial charge is 0.342 e. The molecule has 0 radical (unpaired) electrons. The normalized spacial score (nSPS) is 23.2. The zero-order valence-electron chi connectivity index (χ0n) is 13.0. The lowest BCUT2D eigenvalue weighted by atomic mass is 9.83. The van der Waals surface area contributed by atoms with Crippen molar-refractivity contribution in [2.24, 2.45) is 5.41 Å². The standard InChI is InChI=1S/C16H21BrN2O2/c1-9-8-11(17)6-7-12(9)19-10(2)14(20)18-13(15(19)21)16(3,4)5/h6-8,10,13H,1-5H3,(H,18,20). The highest BCUT2D eigenvalue weighted by molar-refractivity contribution is 9.10. The highest BCUT2D eigenvalue weighted by Crippen LogP contribution is 2.31. The Kier molecular flexibility index (Phi) is 4.15. The van der Waals surface area contributed by atoms with Crippen LogP contribution in [0.1, 0.15) is 33.3 Å². The van der Waals surface area contributed by atoms with E-state index in [1.807, 2.05) is 45.9 Å². The third kappa shape index (κ3) is 2.98. The Bertz CT molecular complexity index is 592. The Labute approximate surface area is 134 Å². The Morgan fingerprint density at radius 3 is 2.38 bits per heavy atom. The van der Waals surface area contributed by atoms with Gasteiger partial charge in [0.15, 0.2) is 0 Å². The van der Waals surface area contributed by atoms with E-state index in [0.29, 0.717) is 0 Å². The second-order valence-corrected chi connectivity index (χ2v) is 7.54. The summed E-state index contributed by atoms with van der Waals surface area (Å²) in [6.45, 7) is 9.57. The minimum Gasteiger partial charge on any atom is -0.342 e. The zero-order valence-corrected chi connectivity index (χ0v) is 14.6. The van der Waals surface area contributed by atoms with Gasteiger partial charge in [-0.2, -0.15) is 0 Å². The van der Waals surface area contributed by atoms with E-state index in [1.165, 1.54) is 0 Å². The molecule has 2 atom stereocenters. The van der Waals surface area contributed by atoms with Crippen LogP contribution < -0.4 is 10.2 Å². The van der Waals surface area contributed by atoms with Gasteiger partial charge in [0.1, 0.15) is 12.1 Å². The number of benzene rings is 1. The lowest BCUT2D eigenvalue weighted by Gasteiger charge is -2.42. The highest BCUT2D eigenvalue weighted by atomic mass is 79.9. The molecule has 2 amide bonds. The zero-order chi connectivity index (χ0) is 15.9. The van der Waals surface area contributed by atoms with Gasteiger partial charge in [0.25, 0.3) is 5.91 Å². The summed E-state index contributed by atoms with van der Waals surface area (Å²) in [5.41, 5.74) is 1.43. The van der Waals surface area contributed by atoms with E-state index in [9.17, 15) is 9.59 Å². The number of amides is 2. The maximum absolute atomic E-state index is 12.9. The van der Waals surface area contributed by atoms with Gasteiger partial charge in [-0.15, -0.1) is 0 Å². The average molecular weight is 353 g/mol. The first-order valence-electron chi connectivity index (χ1n) is 7.02. The van der Waals surface area contributed by atoms with Gasteiger partial charge in [0.2, 0.25) is 5.91 Å². The van der Waals surface area contributed by atoms with Crippen LogP contribution in [0.25, 0.3) is 0 Å². The molecule has 1 aromatic carbocycles. The van der Waals surface area contributed by atoms with Crippen molar-refractivity contribution in [2.45, 2.75) is 46.7 Å². The highest BCUT2D eigenvalue weighted by Gasteiger charge is 2.44. The molecule has 114 valence electrons. The van der Waals surface area contributed by atoms with Gasteiger partial charge < -0.3 is 5.32 Å². The second kappa shape index (κ2) is 5.44. The van der Waals surface area contributed by atoms with Crippen LogP contribution in [-0.2, 0) is 9.59 Å². The molecule has 2 unspecified atom stereocenters. The van der Waals surface area contributed by atoms with Crippen LogP contribution in [-0.4, -0.2) is 23.9 Å². The van der Waals surface area contributed by atoms with Crippen molar-refractivity contribution in [3.8, 4) is 0 Å². The van der Waals surface area contributed by atoms with Gasteiger partial charge in [-0.05, 0) is 43.0 Å². The summed E-state index contributed by atoms with van der Waals surface area (Å²) in [5, 5.41) is 2.85. The number of anilines is 1. The van der Waals surface area contributed by atoms with E-state index in [0.717, 1.165) is 15.7 Å². The molecule has 1 fully saturated rings. The summed E-state index contributed by atoms with van der Waals surface area (Å²) in [5.74, 6) is -0.170. The summed E-state index contributed by atoms with van der Waals surface area (Å²) in [4.78, 5) is 26.7. The van der Waals surface area contributed by atoms with Gasteiger partial charge in [-0.3, -0.25) is 14.5 Å². The van der Waals surface area contributed by atoms with Crippen molar-refractivity contribution in [3.63, 3.8) is 0 Å². The van der Waals surface area contributed by atoms with Crippen molar-refractivity contribution >= 4 is 33.4 Å². The van der Waals surface area contributed by atoms with Gasteiger partial charge in [0.05, 0.1) is 0 Å². The first kappa shape index (κ1) is 16.0. The molecule has 1 heterocycles. The number of halogens is 1. The van der Waals surface area contributed by atoms with Gasteiger partial charge in [0, 0.05) is 10.2 Å². The molecular weight excluding hydrogens is 332 g/mol. The Hall–Kier alpha value is -1.36. The van der Waals surface area contributed by atoms with E-state index in [2.05, 4.69) is 21.2 Å². The lowest BCUT2D eigenvalue weighted by molar-refractivity contribution is -0.136. The van der Waals surface area contributed by atoms with Crippen molar-refractivity contribution in [1.29, 1.82) is 0 Å². The molecule has 0 bridgehead atoms. The number of aryl methyl sites for hydroxylation is 1. The van der Waals surface area contributed by atoms with E-state index >= 15 is 0 Å². The fraction of sp³-hybridized carbons (Fsp3) is 0.500. The Morgan fingerprint density at radius 1 is 1.24 bits per heavy atom. The van der Waals surface area contributed by atoms with Crippen LogP contribution in [0, 0.1) is 12.3 Å². The molecular formula is C16H21BrN2O2. The number of nitrogens with one attached hydrogen (secondary N) is 1. The molecule has 1 aliphatic rings. The molecule has 4 nitrogen and oxygen atoms in total. The van der Waals surface area contributed by atoms with Crippen LogP contribution in [0.3, 0.4) is 0 Å². The molecule has 0 aromatic heterocycles. The number of carbonyl (C=O) groups is 2. The number of piperazine rings is 1. The monoisotopic (exact) mass is 352 g/mol. The number of nitrogens with zero attached hydrogens (tertiary/aromatic N) is 1. The van der Waals surface area contributed by atoms with E-state index < -0.39 is 12.1 Å². The Balaban J connectivity index is 2.48. The maximum atomic E-state index is 12.9. The Morgan fingerprint density at radius 2 is 1.86 bits per heavy atom. The second-order valence-electron chi connectivity index (χ2n) is 6.62. The van der Waals surface area contributed by atoms with Crippen LogP contribution in [0.5, 0.6) is 0 Å². The topological polar surface area (TPSA) is 49.4 Å². The smallest absolute Gasteiger partial charge is 0.250 e. The van der Waals surface area contributed by atoms with Gasteiger partial charge in [-0.25, -0.2) is 0 Å². The summed E-state index contributed by atoms with van der Waals surface area (Å²) in [6.07, 6.45) is 0. The predicted octanol–water partition coefficient (Wildman–Crippen LogP) is 3.02. The molecule has 0 saturated carbocycles. The third-order valence-corrected chi connectivity index (χ3v) is 4.32. The molecule has 1 aliphatic heterocycles. The number of hydrogen-bond acceptors (Lipinski definition) is 2. The first-order valence-corrected chi connectivity index (χ1v) is 7.82. The van der Waals surface area contributed by atoms with Crippen molar-refractivity contribution in [3.05, 3.63) is 28.2 Å². The third-order valence-electron chi connectivity index (χ3n) is 3.82. The molecule has 0 spiro atoms. The minimum atomic E-state index is -0.510. The molecule has 1 aromatic rings. The lowest BCUT2D eigenvalue weighted by Crippen LogP contribution is -2.66. The first-order chi connectivity index (χ1) is 9.62. The van der Waals surface area contributed by atoms with Crippen molar-refractivity contribution in [1.82, 2.24) is 5.32 Å². The van der Waals surface area contributed by atoms with Crippen LogP contribution in [0.2, 0.25) is 0 Å². The molecule has 0 aliphatic carbocycles. The van der Waals surface area contributed by atoms with Crippen LogP contribution >= 0.6 is 15.9 Å². The fourth-order valence-electron chi connectivity index (χ4n) is 2.58. The quantitative estimate of drug-likeness (QED) is 0.844. The van der Waals surface area contributed by atoms with Crippen molar-refractivity contribution < 1.29 is 9.59 Å². The number of rotatable bonds is 1. The SMILES string of the molecule is Cc1cc(Br)ccc1N1C(=O)C(C(C)(C)C)NC(=O)C1C. The maximum Gasteiger partial charge on any atom is 0.250 e. The summed E-state index contributed by atoms with van der Waals surface area (Å²) in [6, 6.07) is 4.71. The fourth-order valence-corrected chi connectivity index (χ4v) is 3.05. The molecule has 1 N–H and O–H groups in total. The molecule has 21 heavy (non-hydrogen) atoms. The van der Waals surface area contributed by atoms with Crippen LogP contribution in [0.4, 0.5) is 5.69 Å². The summed E-state index contributed by atoms with van der Waals surface area (Å²) < 4.78 is 0.956. The number of hydrogen-bond donors (Lipinski definition) is 1. The number of carbonyl (C=O) groups excluding carboxylic acids is 2. The van der Waals surface area contributed by atoms with E-state index in [4.69, 9.17) is 0 Å². The predicted molar refractivity (Wildman–Crippen MR) is 87.2 cm³/mol. The average Bonchev–Trinajstić information content (AvgIpc) is 2.35. The van der Waals surface area contributed by atoms with E-state index in [1.54, 1.807) is 11.8 Å². The van der Waals surface area contributed by atoms with Gasteiger partial charge >= 0.3 is 0 Å². The molecule has 2 rings (SSSR count). The van der Waals surface area contributed by atoms with Crippen LogP contribution in [0.15, 0.2) is 22.7 Å². The summed E-state index contributed by atoms with van der Waals surface area (Å²) in [7, 11) is 0. The summed E-state index contributed by atoms with van der Waals surface area (Å²) >= 11 is 3.42. The van der Waals surface area contributed by atoms with Gasteiger partial charge in [-0.1, -0.05) is 36.7 Å².